The van der Waals surface area contributed by atoms with Crippen molar-refractivity contribution in [2.45, 2.75) is 0 Å². The molecule has 9 heteroatoms. The molecule has 0 bridgehead atoms. The van der Waals surface area contributed by atoms with Crippen LogP contribution >= 0.6 is 11.6 Å². The number of anilines is 2. The standard InChI is InChI=1S/C20H21ClF2N4O2/c21-14-1-3-15(4-2-14)24-19(28)12-26-7-9-27(10-8-26)13-20(29)25-16-5-6-17(22)18(23)11-16/h1-6,11H,7-10,12-13H2,(H,24,28)(H,25,29). The first-order valence-electron chi connectivity index (χ1n) is 9.14. The highest BCUT2D eigenvalue weighted by atomic mass is 35.5. The normalized spacial score (nSPS) is 15.1. The molecule has 154 valence electrons. The van der Waals surface area contributed by atoms with Crippen LogP contribution in [-0.4, -0.2) is 60.9 Å². The molecule has 1 aliphatic heterocycles. The molecule has 2 N–H and O–H groups in total. The summed E-state index contributed by atoms with van der Waals surface area (Å²) in [6.07, 6.45) is 0. The average Bonchev–Trinajstić information content (AvgIpc) is 2.68. The van der Waals surface area contributed by atoms with Crippen molar-refractivity contribution in [3.63, 3.8) is 0 Å². The first-order chi connectivity index (χ1) is 13.9. The summed E-state index contributed by atoms with van der Waals surface area (Å²) in [5.41, 5.74) is 0.901. The SMILES string of the molecule is O=C(CN1CCN(CC(=O)Nc2ccc(F)c(F)c2)CC1)Nc1ccc(Cl)cc1. The smallest absolute Gasteiger partial charge is 0.238 e. The third-order valence-corrected chi connectivity index (χ3v) is 4.78. The number of benzene rings is 2. The molecular formula is C20H21ClF2N4O2. The van der Waals surface area contributed by atoms with E-state index in [0.717, 1.165) is 12.1 Å². The van der Waals surface area contributed by atoms with E-state index >= 15 is 0 Å². The quantitative estimate of drug-likeness (QED) is 0.751. The molecule has 2 aromatic carbocycles. The fraction of sp³-hybridized carbons (Fsp3) is 0.300. The van der Waals surface area contributed by atoms with Gasteiger partial charge >= 0.3 is 0 Å². The van der Waals surface area contributed by atoms with Gasteiger partial charge in [0.1, 0.15) is 0 Å². The number of nitrogens with zero attached hydrogens (tertiary/aromatic N) is 2. The molecule has 1 fully saturated rings. The van der Waals surface area contributed by atoms with Crippen molar-refractivity contribution in [1.29, 1.82) is 0 Å². The van der Waals surface area contributed by atoms with Crippen LogP contribution in [0.5, 0.6) is 0 Å². The number of nitrogens with one attached hydrogen (secondary N) is 2. The highest BCUT2D eigenvalue weighted by Crippen LogP contribution is 2.14. The van der Waals surface area contributed by atoms with Crippen molar-refractivity contribution >= 4 is 34.8 Å². The summed E-state index contributed by atoms with van der Waals surface area (Å²) >= 11 is 5.83. The molecule has 1 heterocycles. The van der Waals surface area contributed by atoms with E-state index in [1.165, 1.54) is 6.07 Å². The highest BCUT2D eigenvalue weighted by molar-refractivity contribution is 6.30. The second kappa shape index (κ2) is 9.78. The maximum absolute atomic E-state index is 13.2. The monoisotopic (exact) mass is 422 g/mol. The van der Waals surface area contributed by atoms with E-state index in [1.54, 1.807) is 24.3 Å². The second-order valence-electron chi connectivity index (χ2n) is 6.78. The molecule has 0 aromatic heterocycles. The number of amides is 2. The summed E-state index contributed by atoms with van der Waals surface area (Å²) in [4.78, 5) is 28.2. The lowest BCUT2D eigenvalue weighted by molar-refractivity contribution is -0.120. The Balaban J connectivity index is 1.39. The Bertz CT molecular complexity index is 871. The zero-order valence-electron chi connectivity index (χ0n) is 15.6. The Morgan fingerprint density at radius 1 is 0.793 bits per heavy atom. The number of carbonyl (C=O) groups excluding carboxylic acids is 2. The molecule has 6 nitrogen and oxygen atoms in total. The molecule has 2 amide bonds. The zero-order valence-corrected chi connectivity index (χ0v) is 16.4. The number of carbonyl (C=O) groups is 2. The third kappa shape index (κ3) is 6.49. The van der Waals surface area contributed by atoms with Crippen LogP contribution < -0.4 is 10.6 Å². The summed E-state index contributed by atoms with van der Waals surface area (Å²) in [5.74, 6) is -2.38. The van der Waals surface area contributed by atoms with Gasteiger partial charge in [-0.3, -0.25) is 19.4 Å². The van der Waals surface area contributed by atoms with Crippen LogP contribution in [0.1, 0.15) is 0 Å². The van der Waals surface area contributed by atoms with Crippen LogP contribution in [0, 0.1) is 11.6 Å². The van der Waals surface area contributed by atoms with Crippen molar-refractivity contribution in [1.82, 2.24) is 9.80 Å². The molecular weight excluding hydrogens is 402 g/mol. The molecule has 0 saturated carbocycles. The molecule has 0 radical (unpaired) electrons. The van der Waals surface area contributed by atoms with Gasteiger partial charge in [0, 0.05) is 48.6 Å². The van der Waals surface area contributed by atoms with E-state index in [2.05, 4.69) is 10.6 Å². The first-order valence-corrected chi connectivity index (χ1v) is 9.52. The van der Waals surface area contributed by atoms with E-state index in [0.29, 0.717) is 36.9 Å². The van der Waals surface area contributed by atoms with E-state index in [9.17, 15) is 18.4 Å². The minimum atomic E-state index is -1.01. The third-order valence-electron chi connectivity index (χ3n) is 4.53. The number of piperazine rings is 1. The van der Waals surface area contributed by atoms with E-state index < -0.39 is 11.6 Å². The van der Waals surface area contributed by atoms with Gasteiger partial charge in [-0.15, -0.1) is 0 Å². The summed E-state index contributed by atoms with van der Waals surface area (Å²) in [5, 5.41) is 5.98. The van der Waals surface area contributed by atoms with Gasteiger partial charge in [-0.2, -0.15) is 0 Å². The maximum Gasteiger partial charge on any atom is 0.238 e. The van der Waals surface area contributed by atoms with E-state index in [4.69, 9.17) is 11.6 Å². The molecule has 0 unspecified atom stereocenters. The molecule has 3 rings (SSSR count). The zero-order chi connectivity index (χ0) is 20.8. The molecule has 0 spiro atoms. The molecule has 2 aromatic rings. The lowest BCUT2D eigenvalue weighted by atomic mass is 10.2. The molecule has 1 aliphatic rings. The largest absolute Gasteiger partial charge is 0.325 e. The predicted molar refractivity (Wildman–Crippen MR) is 108 cm³/mol. The summed E-state index contributed by atoms with van der Waals surface area (Å²) < 4.78 is 26.1. The highest BCUT2D eigenvalue weighted by Gasteiger charge is 2.21. The fourth-order valence-corrected chi connectivity index (χ4v) is 3.15. The number of hydrogen-bond donors (Lipinski definition) is 2. The van der Waals surface area contributed by atoms with Gasteiger partial charge in [-0.1, -0.05) is 11.6 Å². The van der Waals surface area contributed by atoms with E-state index in [-0.39, 0.29) is 30.6 Å². The van der Waals surface area contributed by atoms with Crippen LogP contribution in [0.2, 0.25) is 5.02 Å². The Kier molecular flexibility index (Phi) is 7.13. The Morgan fingerprint density at radius 3 is 1.79 bits per heavy atom. The van der Waals surface area contributed by atoms with Crippen molar-refractivity contribution in [3.8, 4) is 0 Å². The van der Waals surface area contributed by atoms with Gasteiger partial charge in [0.25, 0.3) is 0 Å². The van der Waals surface area contributed by atoms with Crippen LogP contribution in [0.3, 0.4) is 0 Å². The van der Waals surface area contributed by atoms with Gasteiger partial charge in [0.15, 0.2) is 11.6 Å². The number of hydrogen-bond acceptors (Lipinski definition) is 4. The van der Waals surface area contributed by atoms with Crippen molar-refractivity contribution in [2.75, 3.05) is 49.9 Å². The lowest BCUT2D eigenvalue weighted by Crippen LogP contribution is -2.50. The van der Waals surface area contributed by atoms with Crippen LogP contribution in [0.15, 0.2) is 42.5 Å². The maximum atomic E-state index is 13.2. The van der Waals surface area contributed by atoms with Gasteiger partial charge in [0.05, 0.1) is 13.1 Å². The van der Waals surface area contributed by atoms with Crippen LogP contribution in [0.4, 0.5) is 20.2 Å². The van der Waals surface area contributed by atoms with Crippen molar-refractivity contribution in [3.05, 3.63) is 59.1 Å². The fourth-order valence-electron chi connectivity index (χ4n) is 3.02. The summed E-state index contributed by atoms with van der Waals surface area (Å²) in [7, 11) is 0. The Morgan fingerprint density at radius 2 is 1.28 bits per heavy atom. The minimum absolute atomic E-state index is 0.114. The summed E-state index contributed by atoms with van der Waals surface area (Å²) in [6, 6.07) is 10.1. The minimum Gasteiger partial charge on any atom is -0.325 e. The van der Waals surface area contributed by atoms with Crippen molar-refractivity contribution in [2.24, 2.45) is 0 Å². The number of halogens is 3. The Labute approximate surface area is 172 Å². The average molecular weight is 423 g/mol. The lowest BCUT2D eigenvalue weighted by Gasteiger charge is -2.33. The first kappa shape index (κ1) is 21.2. The summed E-state index contributed by atoms with van der Waals surface area (Å²) in [6.45, 7) is 2.94. The van der Waals surface area contributed by atoms with Crippen molar-refractivity contribution < 1.29 is 18.4 Å². The number of rotatable bonds is 6. The van der Waals surface area contributed by atoms with Gasteiger partial charge < -0.3 is 10.6 Å². The molecule has 0 aliphatic carbocycles. The second-order valence-corrected chi connectivity index (χ2v) is 7.22. The van der Waals surface area contributed by atoms with Gasteiger partial charge in [-0.05, 0) is 36.4 Å². The van der Waals surface area contributed by atoms with Crippen LogP contribution in [-0.2, 0) is 9.59 Å². The van der Waals surface area contributed by atoms with Gasteiger partial charge in [0.2, 0.25) is 11.8 Å². The molecule has 1 saturated heterocycles. The molecule has 29 heavy (non-hydrogen) atoms. The molecule has 0 atom stereocenters. The Hall–Kier alpha value is -2.55. The topological polar surface area (TPSA) is 64.7 Å². The van der Waals surface area contributed by atoms with Gasteiger partial charge in [-0.25, -0.2) is 8.78 Å². The predicted octanol–water partition coefficient (Wildman–Crippen LogP) is 2.81. The van der Waals surface area contributed by atoms with Crippen LogP contribution in [0.25, 0.3) is 0 Å². The van der Waals surface area contributed by atoms with E-state index in [1.807, 2.05) is 9.80 Å².